The van der Waals surface area contributed by atoms with Crippen LogP contribution in [0.4, 0.5) is 0 Å². The Balaban J connectivity index is 1.68. The molecule has 0 spiro atoms. The Morgan fingerprint density at radius 1 is 1.38 bits per heavy atom. The molecule has 1 aliphatic carbocycles. The molecule has 4 nitrogen and oxygen atoms in total. The van der Waals surface area contributed by atoms with Gasteiger partial charge in [0.05, 0.1) is 6.10 Å². The summed E-state index contributed by atoms with van der Waals surface area (Å²) < 4.78 is 12.0. The molecule has 0 aliphatic heterocycles. The molecule has 0 amide bonds. The number of aliphatic hydroxyl groups is 1. The Morgan fingerprint density at radius 3 is 2.62 bits per heavy atom. The lowest BCUT2D eigenvalue weighted by atomic mass is 9.64. The summed E-state index contributed by atoms with van der Waals surface area (Å²) in [5.74, 6) is 0.765. The lowest BCUT2D eigenvalue weighted by Crippen LogP contribution is -2.61. The summed E-state index contributed by atoms with van der Waals surface area (Å²) in [5, 5.41) is 13.4. The second kappa shape index (κ2) is 7.09. The first kappa shape index (κ1) is 16.7. The SMILES string of the molecule is COC1CC(NCC(O)COc2ccc(Br)cc2)C1(C)C. The molecule has 1 fully saturated rings. The van der Waals surface area contributed by atoms with E-state index in [1.807, 2.05) is 24.3 Å². The minimum Gasteiger partial charge on any atom is -0.491 e. The Kier molecular flexibility index (Phi) is 5.66. The molecule has 0 saturated heterocycles. The van der Waals surface area contributed by atoms with E-state index in [0.29, 0.717) is 18.7 Å². The highest BCUT2D eigenvalue weighted by molar-refractivity contribution is 9.10. The van der Waals surface area contributed by atoms with E-state index in [9.17, 15) is 5.11 Å². The largest absolute Gasteiger partial charge is 0.491 e. The fraction of sp³-hybridized carbons (Fsp3) is 0.625. The molecule has 3 atom stereocenters. The molecule has 1 aromatic rings. The minimum absolute atomic E-state index is 0.112. The Labute approximate surface area is 135 Å². The molecule has 2 rings (SSSR count). The van der Waals surface area contributed by atoms with Crippen molar-refractivity contribution < 1.29 is 14.6 Å². The standard InChI is InChI=1S/C16H24BrNO3/c1-16(2)14(8-15(16)20-3)18-9-12(19)10-21-13-6-4-11(17)5-7-13/h4-7,12,14-15,18-19H,8-10H2,1-3H3. The molecule has 21 heavy (non-hydrogen) atoms. The molecular weight excluding hydrogens is 334 g/mol. The van der Waals surface area contributed by atoms with Gasteiger partial charge in [-0.2, -0.15) is 0 Å². The van der Waals surface area contributed by atoms with E-state index in [4.69, 9.17) is 9.47 Å². The predicted molar refractivity (Wildman–Crippen MR) is 86.6 cm³/mol. The number of hydrogen-bond acceptors (Lipinski definition) is 4. The highest BCUT2D eigenvalue weighted by Crippen LogP contribution is 2.42. The highest BCUT2D eigenvalue weighted by atomic mass is 79.9. The zero-order valence-corrected chi connectivity index (χ0v) is 14.4. The number of hydrogen-bond donors (Lipinski definition) is 2. The van der Waals surface area contributed by atoms with Crippen molar-refractivity contribution in [3.63, 3.8) is 0 Å². The average molecular weight is 358 g/mol. The molecule has 1 aromatic carbocycles. The molecular formula is C16H24BrNO3. The number of halogens is 1. The number of aliphatic hydroxyl groups excluding tert-OH is 1. The topological polar surface area (TPSA) is 50.7 Å². The Hall–Kier alpha value is -0.620. The van der Waals surface area contributed by atoms with E-state index in [1.54, 1.807) is 7.11 Å². The lowest BCUT2D eigenvalue weighted by Gasteiger charge is -2.51. The van der Waals surface area contributed by atoms with Crippen LogP contribution in [0.1, 0.15) is 20.3 Å². The van der Waals surface area contributed by atoms with E-state index in [-0.39, 0.29) is 12.0 Å². The van der Waals surface area contributed by atoms with Gasteiger partial charge < -0.3 is 19.9 Å². The second-order valence-electron chi connectivity index (χ2n) is 6.16. The monoisotopic (exact) mass is 357 g/mol. The van der Waals surface area contributed by atoms with Crippen LogP contribution >= 0.6 is 15.9 Å². The van der Waals surface area contributed by atoms with Crippen molar-refractivity contribution in [1.29, 1.82) is 0 Å². The van der Waals surface area contributed by atoms with Crippen LogP contribution in [0.25, 0.3) is 0 Å². The number of ether oxygens (including phenoxy) is 2. The van der Waals surface area contributed by atoms with E-state index in [2.05, 4.69) is 35.1 Å². The van der Waals surface area contributed by atoms with Gasteiger partial charge in [-0.05, 0) is 30.7 Å². The third-order valence-corrected chi connectivity index (χ3v) is 4.85. The van der Waals surface area contributed by atoms with Gasteiger partial charge in [-0.3, -0.25) is 0 Å². The summed E-state index contributed by atoms with van der Waals surface area (Å²) in [7, 11) is 1.75. The fourth-order valence-electron chi connectivity index (χ4n) is 2.69. The van der Waals surface area contributed by atoms with Crippen molar-refractivity contribution in [1.82, 2.24) is 5.32 Å². The summed E-state index contributed by atoms with van der Waals surface area (Å²) in [5.41, 5.74) is 0.112. The van der Waals surface area contributed by atoms with Crippen molar-refractivity contribution in [2.75, 3.05) is 20.3 Å². The molecule has 118 valence electrons. The zero-order chi connectivity index (χ0) is 15.5. The maximum atomic E-state index is 10.00. The molecule has 0 radical (unpaired) electrons. The van der Waals surface area contributed by atoms with Gasteiger partial charge >= 0.3 is 0 Å². The first-order chi connectivity index (χ1) is 9.93. The number of methoxy groups -OCH3 is 1. The van der Waals surface area contributed by atoms with Gasteiger partial charge in [-0.15, -0.1) is 0 Å². The molecule has 2 N–H and O–H groups in total. The highest BCUT2D eigenvalue weighted by Gasteiger charge is 2.48. The smallest absolute Gasteiger partial charge is 0.119 e. The lowest BCUT2D eigenvalue weighted by molar-refractivity contribution is -0.0996. The first-order valence-electron chi connectivity index (χ1n) is 7.26. The van der Waals surface area contributed by atoms with Crippen molar-refractivity contribution in [3.8, 4) is 5.75 Å². The van der Waals surface area contributed by atoms with Crippen molar-refractivity contribution in [2.45, 2.75) is 38.5 Å². The van der Waals surface area contributed by atoms with Crippen LogP contribution in [0.15, 0.2) is 28.7 Å². The van der Waals surface area contributed by atoms with Gasteiger partial charge in [-0.1, -0.05) is 29.8 Å². The van der Waals surface area contributed by atoms with Crippen LogP contribution < -0.4 is 10.1 Å². The summed E-state index contributed by atoms with van der Waals surface area (Å²) in [6.45, 7) is 5.19. The number of rotatable bonds is 7. The van der Waals surface area contributed by atoms with Gasteiger partial charge in [0.2, 0.25) is 0 Å². The number of benzene rings is 1. The van der Waals surface area contributed by atoms with Crippen LogP contribution in [-0.2, 0) is 4.74 Å². The van der Waals surface area contributed by atoms with Crippen LogP contribution in [0.2, 0.25) is 0 Å². The molecule has 3 unspecified atom stereocenters. The first-order valence-corrected chi connectivity index (χ1v) is 8.05. The Morgan fingerprint density at radius 2 is 2.05 bits per heavy atom. The van der Waals surface area contributed by atoms with Gasteiger partial charge in [0, 0.05) is 29.6 Å². The fourth-order valence-corrected chi connectivity index (χ4v) is 2.96. The van der Waals surface area contributed by atoms with Crippen LogP contribution in [0.3, 0.4) is 0 Å². The molecule has 0 heterocycles. The van der Waals surface area contributed by atoms with Crippen molar-refractivity contribution in [3.05, 3.63) is 28.7 Å². The normalized spacial score (nSPS) is 25.2. The van der Waals surface area contributed by atoms with Crippen LogP contribution in [-0.4, -0.2) is 43.6 Å². The van der Waals surface area contributed by atoms with Crippen molar-refractivity contribution >= 4 is 15.9 Å². The summed E-state index contributed by atoms with van der Waals surface area (Å²) >= 11 is 3.38. The third kappa shape index (κ3) is 4.19. The third-order valence-electron chi connectivity index (χ3n) is 4.32. The second-order valence-corrected chi connectivity index (χ2v) is 7.08. The summed E-state index contributed by atoms with van der Waals surface area (Å²) in [4.78, 5) is 0. The van der Waals surface area contributed by atoms with Crippen LogP contribution in [0.5, 0.6) is 5.75 Å². The predicted octanol–water partition coefficient (Wildman–Crippen LogP) is 2.59. The molecule has 0 bridgehead atoms. The maximum Gasteiger partial charge on any atom is 0.119 e. The van der Waals surface area contributed by atoms with Crippen LogP contribution in [0, 0.1) is 5.41 Å². The molecule has 1 saturated carbocycles. The van der Waals surface area contributed by atoms with E-state index in [0.717, 1.165) is 16.6 Å². The number of nitrogens with one attached hydrogen (secondary N) is 1. The Bertz CT molecular complexity index is 449. The summed E-state index contributed by atoms with van der Waals surface area (Å²) in [6, 6.07) is 7.97. The zero-order valence-electron chi connectivity index (χ0n) is 12.8. The quantitative estimate of drug-likeness (QED) is 0.787. The molecule has 1 aliphatic rings. The van der Waals surface area contributed by atoms with E-state index >= 15 is 0 Å². The van der Waals surface area contributed by atoms with Gasteiger partial charge in [0.15, 0.2) is 0 Å². The van der Waals surface area contributed by atoms with Gasteiger partial charge in [0.1, 0.15) is 18.5 Å². The van der Waals surface area contributed by atoms with Gasteiger partial charge in [-0.25, -0.2) is 0 Å². The average Bonchev–Trinajstić information content (AvgIpc) is 2.45. The van der Waals surface area contributed by atoms with E-state index in [1.165, 1.54) is 0 Å². The maximum absolute atomic E-state index is 10.00. The van der Waals surface area contributed by atoms with Gasteiger partial charge in [0.25, 0.3) is 0 Å². The molecule has 0 aromatic heterocycles. The summed E-state index contributed by atoms with van der Waals surface area (Å²) in [6.07, 6.45) is 0.765. The van der Waals surface area contributed by atoms with E-state index < -0.39 is 6.10 Å². The minimum atomic E-state index is -0.522. The van der Waals surface area contributed by atoms with Crippen molar-refractivity contribution in [2.24, 2.45) is 5.41 Å². The molecule has 5 heteroatoms.